The number of nitrogens with zero attached hydrogens (tertiary/aromatic N) is 3. The number of aromatic nitrogens is 2. The van der Waals surface area contributed by atoms with Crippen LogP contribution in [0.3, 0.4) is 0 Å². The van der Waals surface area contributed by atoms with Crippen molar-refractivity contribution in [2.45, 2.75) is 30.0 Å². The summed E-state index contributed by atoms with van der Waals surface area (Å²) in [5.74, 6) is 0.614. The Morgan fingerprint density at radius 1 is 1.24 bits per heavy atom. The third-order valence-corrected chi connectivity index (χ3v) is 4.25. The molecule has 1 saturated heterocycles. The number of furan rings is 1. The number of aliphatic hydroxyl groups is 3. The lowest BCUT2D eigenvalue weighted by molar-refractivity contribution is -0.0670. The zero-order chi connectivity index (χ0) is 14.9. The summed E-state index contributed by atoms with van der Waals surface area (Å²) in [5.41, 5.74) is -0.0413. The smallest absolute Gasteiger partial charge is 0.195 e. The van der Waals surface area contributed by atoms with Crippen LogP contribution in [0.2, 0.25) is 0 Å². The zero-order valence-corrected chi connectivity index (χ0v) is 11.5. The van der Waals surface area contributed by atoms with Crippen molar-refractivity contribution in [3.63, 3.8) is 0 Å². The SMILES string of the molecule is CN(C)c1ncnc2c([C@@H]3O[C@@H]4C(O)[C@]4(O)[C@H]3O)coc12. The maximum absolute atomic E-state index is 10.2. The van der Waals surface area contributed by atoms with Gasteiger partial charge in [-0.3, -0.25) is 0 Å². The summed E-state index contributed by atoms with van der Waals surface area (Å²) >= 11 is 0. The van der Waals surface area contributed by atoms with Gasteiger partial charge in [-0.2, -0.15) is 0 Å². The first-order valence-corrected chi connectivity index (χ1v) is 6.59. The standard InChI is InChI=1S/C13H15N3O5/c1-16(2)12-8-6(14-4-15-12)5(3-20-8)7-9(17)13(19)10(18)11(13)21-7/h3-4,7,9-11,17-19H,1-2H3/t7-,9-,10?,11+,13+/m0/s1. The van der Waals surface area contributed by atoms with Crippen molar-refractivity contribution >= 4 is 16.9 Å². The van der Waals surface area contributed by atoms with E-state index in [1.165, 1.54) is 12.6 Å². The fourth-order valence-corrected chi connectivity index (χ4v) is 2.97. The Labute approximate surface area is 119 Å². The molecule has 1 aliphatic heterocycles. The second kappa shape index (κ2) is 3.92. The van der Waals surface area contributed by atoms with E-state index < -0.39 is 30.0 Å². The molecule has 5 atom stereocenters. The van der Waals surface area contributed by atoms with Crippen LogP contribution in [-0.2, 0) is 4.74 Å². The molecule has 2 fully saturated rings. The summed E-state index contributed by atoms with van der Waals surface area (Å²) < 4.78 is 11.0. The van der Waals surface area contributed by atoms with Crippen LogP contribution in [0.4, 0.5) is 5.82 Å². The van der Waals surface area contributed by atoms with Gasteiger partial charge in [-0.15, -0.1) is 0 Å². The molecule has 0 aromatic carbocycles. The van der Waals surface area contributed by atoms with Crippen molar-refractivity contribution in [1.82, 2.24) is 9.97 Å². The first-order chi connectivity index (χ1) is 9.96. The monoisotopic (exact) mass is 293 g/mol. The second-order valence-electron chi connectivity index (χ2n) is 5.71. The lowest BCUT2D eigenvalue weighted by Gasteiger charge is -2.19. The van der Waals surface area contributed by atoms with Gasteiger partial charge in [-0.05, 0) is 0 Å². The van der Waals surface area contributed by atoms with Crippen molar-refractivity contribution in [3.05, 3.63) is 18.2 Å². The van der Waals surface area contributed by atoms with Gasteiger partial charge in [-0.1, -0.05) is 0 Å². The fourth-order valence-electron chi connectivity index (χ4n) is 2.97. The van der Waals surface area contributed by atoms with E-state index >= 15 is 0 Å². The third-order valence-electron chi connectivity index (χ3n) is 4.25. The highest BCUT2D eigenvalue weighted by atomic mass is 16.6. The molecule has 2 aromatic heterocycles. The van der Waals surface area contributed by atoms with Crippen molar-refractivity contribution in [3.8, 4) is 0 Å². The summed E-state index contributed by atoms with van der Waals surface area (Å²) in [7, 11) is 3.66. The molecule has 21 heavy (non-hydrogen) atoms. The van der Waals surface area contributed by atoms with E-state index in [0.29, 0.717) is 22.5 Å². The summed E-state index contributed by atoms with van der Waals surface area (Å²) in [5, 5.41) is 29.8. The molecule has 1 saturated carbocycles. The van der Waals surface area contributed by atoms with Crippen molar-refractivity contribution in [2.75, 3.05) is 19.0 Å². The molecular weight excluding hydrogens is 278 g/mol. The van der Waals surface area contributed by atoms with Gasteiger partial charge in [0.05, 0.1) is 6.26 Å². The molecule has 1 unspecified atom stereocenters. The number of ether oxygens (including phenoxy) is 1. The van der Waals surface area contributed by atoms with Crippen LogP contribution in [0, 0.1) is 0 Å². The number of aliphatic hydroxyl groups excluding tert-OH is 2. The Hall–Kier alpha value is -1.74. The molecule has 8 nitrogen and oxygen atoms in total. The highest BCUT2D eigenvalue weighted by Gasteiger charge is 2.76. The molecule has 0 amide bonds. The zero-order valence-electron chi connectivity index (χ0n) is 11.5. The van der Waals surface area contributed by atoms with Gasteiger partial charge >= 0.3 is 0 Å². The van der Waals surface area contributed by atoms with Gasteiger partial charge < -0.3 is 29.4 Å². The molecular formula is C13H15N3O5. The normalized spacial score (nSPS) is 37.8. The molecule has 1 aliphatic carbocycles. The maximum atomic E-state index is 10.2. The molecule has 0 spiro atoms. The summed E-state index contributed by atoms with van der Waals surface area (Å²) in [4.78, 5) is 10.1. The van der Waals surface area contributed by atoms with Gasteiger partial charge in [0.15, 0.2) is 17.0 Å². The van der Waals surface area contributed by atoms with Crippen LogP contribution in [-0.4, -0.2) is 63.3 Å². The number of rotatable bonds is 2. The minimum Gasteiger partial charge on any atom is -0.458 e. The fraction of sp³-hybridized carbons (Fsp3) is 0.538. The van der Waals surface area contributed by atoms with E-state index in [1.54, 1.807) is 4.90 Å². The predicted molar refractivity (Wildman–Crippen MR) is 70.7 cm³/mol. The van der Waals surface area contributed by atoms with Crippen molar-refractivity contribution in [1.29, 1.82) is 0 Å². The average molecular weight is 293 g/mol. The van der Waals surface area contributed by atoms with E-state index in [4.69, 9.17) is 9.15 Å². The molecule has 2 aliphatic rings. The third kappa shape index (κ3) is 1.47. The van der Waals surface area contributed by atoms with Gasteiger partial charge in [0, 0.05) is 19.7 Å². The topological polar surface area (TPSA) is 112 Å². The lowest BCUT2D eigenvalue weighted by Crippen LogP contribution is -2.34. The highest BCUT2D eigenvalue weighted by molar-refractivity contribution is 5.86. The van der Waals surface area contributed by atoms with E-state index in [-0.39, 0.29) is 0 Å². The summed E-state index contributed by atoms with van der Waals surface area (Å²) in [6.07, 6.45) is -0.972. The number of hydrogen-bond acceptors (Lipinski definition) is 8. The Balaban J connectivity index is 1.78. The number of hydrogen-bond donors (Lipinski definition) is 3. The largest absolute Gasteiger partial charge is 0.458 e. The Morgan fingerprint density at radius 2 is 2.00 bits per heavy atom. The van der Waals surface area contributed by atoms with Gasteiger partial charge in [0.1, 0.15) is 36.3 Å². The molecule has 3 N–H and O–H groups in total. The quantitative estimate of drug-likeness (QED) is 0.659. The molecule has 3 heterocycles. The van der Waals surface area contributed by atoms with Crippen LogP contribution >= 0.6 is 0 Å². The van der Waals surface area contributed by atoms with Crippen molar-refractivity contribution < 1.29 is 24.5 Å². The van der Waals surface area contributed by atoms with Gasteiger partial charge in [0.25, 0.3) is 0 Å². The Bertz CT molecular complexity index is 717. The second-order valence-corrected chi connectivity index (χ2v) is 5.71. The Kier molecular flexibility index (Phi) is 2.42. The molecule has 112 valence electrons. The molecule has 0 bridgehead atoms. The van der Waals surface area contributed by atoms with Crippen LogP contribution in [0.25, 0.3) is 11.1 Å². The van der Waals surface area contributed by atoms with Crippen LogP contribution in [0.15, 0.2) is 17.0 Å². The van der Waals surface area contributed by atoms with E-state index in [1.807, 2.05) is 14.1 Å². The van der Waals surface area contributed by atoms with Gasteiger partial charge in [0.2, 0.25) is 0 Å². The average Bonchev–Trinajstić information content (AvgIpc) is 2.82. The number of anilines is 1. The van der Waals surface area contributed by atoms with Gasteiger partial charge in [-0.25, -0.2) is 9.97 Å². The highest BCUT2D eigenvalue weighted by Crippen LogP contribution is 2.55. The van der Waals surface area contributed by atoms with E-state index in [2.05, 4.69) is 9.97 Å². The van der Waals surface area contributed by atoms with Crippen LogP contribution in [0.1, 0.15) is 11.7 Å². The molecule has 4 rings (SSSR count). The molecule has 2 aromatic rings. The van der Waals surface area contributed by atoms with Crippen LogP contribution < -0.4 is 4.90 Å². The first-order valence-electron chi connectivity index (χ1n) is 6.59. The molecule has 8 heteroatoms. The predicted octanol–water partition coefficient (Wildman–Crippen LogP) is -0.805. The minimum absolute atomic E-state index is 0.487. The molecule has 0 radical (unpaired) electrons. The van der Waals surface area contributed by atoms with Crippen molar-refractivity contribution in [2.24, 2.45) is 0 Å². The summed E-state index contributed by atoms with van der Waals surface area (Å²) in [6, 6.07) is 0. The van der Waals surface area contributed by atoms with E-state index in [0.717, 1.165) is 0 Å². The minimum atomic E-state index is -1.59. The summed E-state index contributed by atoms with van der Waals surface area (Å²) in [6.45, 7) is 0. The number of fused-ring (bicyclic) bond motifs is 2. The van der Waals surface area contributed by atoms with E-state index in [9.17, 15) is 15.3 Å². The maximum Gasteiger partial charge on any atom is 0.195 e. The Morgan fingerprint density at radius 3 is 2.62 bits per heavy atom. The lowest BCUT2D eigenvalue weighted by atomic mass is 10.0. The van der Waals surface area contributed by atoms with Crippen LogP contribution in [0.5, 0.6) is 0 Å². The first kappa shape index (κ1) is 13.0.